The van der Waals surface area contributed by atoms with Crippen molar-refractivity contribution in [2.24, 2.45) is 0 Å². The van der Waals surface area contributed by atoms with Crippen molar-refractivity contribution in [3.63, 3.8) is 0 Å². The summed E-state index contributed by atoms with van der Waals surface area (Å²) >= 11 is 0. The Balaban J connectivity index is 3.57. The van der Waals surface area contributed by atoms with Gasteiger partial charge in [-0.25, -0.2) is 0 Å². The maximum absolute atomic E-state index is 11.4. The van der Waals surface area contributed by atoms with Crippen molar-refractivity contribution in [2.45, 2.75) is 59.0 Å². The van der Waals surface area contributed by atoms with Crippen LogP contribution in [0.3, 0.4) is 0 Å². The summed E-state index contributed by atoms with van der Waals surface area (Å²) < 4.78 is 4.94. The van der Waals surface area contributed by atoms with E-state index in [2.05, 4.69) is 6.92 Å². The second-order valence-corrected chi connectivity index (χ2v) is 4.00. The minimum atomic E-state index is -0.285. The molecule has 0 bridgehead atoms. The summed E-state index contributed by atoms with van der Waals surface area (Å²) in [6.07, 6.45) is 6.73. The third kappa shape index (κ3) is 9.44. The Morgan fingerprint density at radius 3 is 2.38 bits per heavy atom. The first-order valence-corrected chi connectivity index (χ1v) is 5.92. The number of allylic oxidation sites excluding steroid dienone is 2. The first-order chi connectivity index (χ1) is 7.56. The van der Waals surface area contributed by atoms with E-state index in [9.17, 15) is 9.59 Å². The average molecular weight is 226 g/mol. The fourth-order valence-electron chi connectivity index (χ4n) is 1.22. The van der Waals surface area contributed by atoms with Crippen LogP contribution in [-0.4, -0.2) is 17.9 Å². The number of ketones is 1. The van der Waals surface area contributed by atoms with Crippen molar-refractivity contribution in [3.05, 3.63) is 12.2 Å². The van der Waals surface area contributed by atoms with E-state index in [0.29, 0.717) is 12.8 Å². The molecule has 0 atom stereocenters. The molecule has 0 heterocycles. The number of hydrogen-bond donors (Lipinski definition) is 0. The van der Waals surface area contributed by atoms with Crippen LogP contribution in [0.25, 0.3) is 0 Å². The van der Waals surface area contributed by atoms with Crippen LogP contribution in [0.5, 0.6) is 0 Å². The molecule has 0 aliphatic rings. The highest BCUT2D eigenvalue weighted by molar-refractivity contribution is 5.82. The highest BCUT2D eigenvalue weighted by Gasteiger charge is 2.08. The fourth-order valence-corrected chi connectivity index (χ4v) is 1.22. The predicted octanol–water partition coefficient (Wildman–Crippen LogP) is 3.03. The number of ether oxygens (including phenoxy) is 1. The van der Waals surface area contributed by atoms with Crippen LogP contribution in [0.4, 0.5) is 0 Å². The molecular weight excluding hydrogens is 204 g/mol. The van der Waals surface area contributed by atoms with Crippen molar-refractivity contribution in [1.82, 2.24) is 0 Å². The number of hydrogen-bond acceptors (Lipinski definition) is 3. The molecule has 3 heteroatoms. The van der Waals surface area contributed by atoms with Gasteiger partial charge < -0.3 is 4.74 Å². The Morgan fingerprint density at radius 2 is 1.81 bits per heavy atom. The molecule has 0 amide bonds. The molecule has 0 aromatic carbocycles. The zero-order valence-electron chi connectivity index (χ0n) is 10.5. The zero-order valence-corrected chi connectivity index (χ0v) is 10.5. The molecule has 0 aromatic rings. The van der Waals surface area contributed by atoms with Gasteiger partial charge in [-0.2, -0.15) is 0 Å². The van der Waals surface area contributed by atoms with Gasteiger partial charge in [-0.3, -0.25) is 9.59 Å². The average Bonchev–Trinajstić information content (AvgIpc) is 2.20. The van der Waals surface area contributed by atoms with E-state index >= 15 is 0 Å². The molecule has 0 saturated heterocycles. The molecule has 16 heavy (non-hydrogen) atoms. The molecule has 0 saturated carbocycles. The number of esters is 1. The van der Waals surface area contributed by atoms with Crippen LogP contribution in [0.15, 0.2) is 12.2 Å². The summed E-state index contributed by atoms with van der Waals surface area (Å²) in [7, 11) is 0. The van der Waals surface area contributed by atoms with Crippen LogP contribution in [0.2, 0.25) is 0 Å². The highest BCUT2D eigenvalue weighted by Crippen LogP contribution is 2.02. The Bertz CT molecular complexity index is 242. The molecule has 92 valence electrons. The maximum Gasteiger partial charge on any atom is 0.306 e. The lowest BCUT2D eigenvalue weighted by atomic mass is 10.1. The van der Waals surface area contributed by atoms with Gasteiger partial charge in [0.2, 0.25) is 0 Å². The summed E-state index contributed by atoms with van der Waals surface area (Å²) in [5, 5.41) is 0. The lowest BCUT2D eigenvalue weighted by molar-refractivity contribution is -0.148. The van der Waals surface area contributed by atoms with E-state index in [0.717, 1.165) is 12.8 Å². The normalized spacial score (nSPS) is 11.0. The molecule has 0 aliphatic heterocycles. The van der Waals surface area contributed by atoms with Crippen molar-refractivity contribution < 1.29 is 14.3 Å². The van der Waals surface area contributed by atoms with E-state index < -0.39 is 0 Å². The van der Waals surface area contributed by atoms with Gasteiger partial charge in [0.25, 0.3) is 0 Å². The van der Waals surface area contributed by atoms with Crippen LogP contribution in [0, 0.1) is 0 Å². The topological polar surface area (TPSA) is 43.4 Å². The number of rotatable bonds is 8. The molecule has 0 radical (unpaired) electrons. The van der Waals surface area contributed by atoms with Gasteiger partial charge in [-0.1, -0.05) is 19.1 Å². The van der Waals surface area contributed by atoms with Crippen LogP contribution < -0.4 is 0 Å². The van der Waals surface area contributed by atoms with Crippen LogP contribution in [0.1, 0.15) is 52.9 Å². The first-order valence-electron chi connectivity index (χ1n) is 5.92. The number of Topliss-reactive ketones (excluding diaryl/α,β-unsaturated/α-hetero) is 1. The largest absolute Gasteiger partial charge is 0.463 e. The van der Waals surface area contributed by atoms with Gasteiger partial charge in [0, 0.05) is 12.8 Å². The van der Waals surface area contributed by atoms with Crippen molar-refractivity contribution in [3.8, 4) is 0 Å². The molecule has 0 rings (SSSR count). The van der Waals surface area contributed by atoms with E-state index in [1.807, 2.05) is 12.2 Å². The van der Waals surface area contributed by atoms with Crippen LogP contribution in [-0.2, 0) is 14.3 Å². The van der Waals surface area contributed by atoms with Gasteiger partial charge >= 0.3 is 5.97 Å². The monoisotopic (exact) mass is 226 g/mol. The highest BCUT2D eigenvalue weighted by atomic mass is 16.5. The lowest BCUT2D eigenvalue weighted by Gasteiger charge is -2.06. The third-order valence-electron chi connectivity index (χ3n) is 1.97. The van der Waals surface area contributed by atoms with Gasteiger partial charge in [0.15, 0.2) is 0 Å². The van der Waals surface area contributed by atoms with Crippen LogP contribution >= 0.6 is 0 Å². The second kappa shape index (κ2) is 9.13. The Kier molecular flexibility index (Phi) is 8.49. The van der Waals surface area contributed by atoms with E-state index in [1.54, 1.807) is 13.8 Å². The van der Waals surface area contributed by atoms with E-state index in [4.69, 9.17) is 4.74 Å². The van der Waals surface area contributed by atoms with Gasteiger partial charge in [-0.05, 0) is 26.7 Å². The SMILES string of the molecule is CC/C=C\CCC(=O)CCC(=O)OC(C)C. The smallest absolute Gasteiger partial charge is 0.306 e. The standard InChI is InChI=1S/C13H22O3/c1-4-5-6-7-8-12(14)9-10-13(15)16-11(2)3/h5-6,11H,4,7-10H2,1-3H3/b6-5-. The summed E-state index contributed by atoms with van der Waals surface area (Å²) in [6, 6.07) is 0. The summed E-state index contributed by atoms with van der Waals surface area (Å²) in [5.74, 6) is -0.158. The summed E-state index contributed by atoms with van der Waals surface area (Å²) in [5.41, 5.74) is 0. The number of carbonyl (C=O) groups excluding carboxylic acids is 2. The molecule has 0 fully saturated rings. The second-order valence-electron chi connectivity index (χ2n) is 4.00. The third-order valence-corrected chi connectivity index (χ3v) is 1.97. The Labute approximate surface area is 97.9 Å². The van der Waals surface area contributed by atoms with Crippen molar-refractivity contribution in [2.75, 3.05) is 0 Å². The molecule has 0 aromatic heterocycles. The predicted molar refractivity (Wildman–Crippen MR) is 64.1 cm³/mol. The van der Waals surface area contributed by atoms with Gasteiger partial charge in [0.05, 0.1) is 12.5 Å². The molecule has 3 nitrogen and oxygen atoms in total. The summed E-state index contributed by atoms with van der Waals surface area (Å²) in [4.78, 5) is 22.5. The van der Waals surface area contributed by atoms with Gasteiger partial charge in [-0.15, -0.1) is 0 Å². The lowest BCUT2D eigenvalue weighted by Crippen LogP contribution is -2.12. The number of carbonyl (C=O) groups is 2. The molecular formula is C13H22O3. The fraction of sp³-hybridized carbons (Fsp3) is 0.692. The Hall–Kier alpha value is -1.12. The minimum absolute atomic E-state index is 0.102. The summed E-state index contributed by atoms with van der Waals surface area (Å²) in [6.45, 7) is 5.66. The maximum atomic E-state index is 11.4. The quantitative estimate of drug-likeness (QED) is 0.472. The first kappa shape index (κ1) is 14.9. The van der Waals surface area contributed by atoms with E-state index in [-0.39, 0.29) is 24.3 Å². The molecule has 0 spiro atoms. The molecule has 0 aliphatic carbocycles. The van der Waals surface area contributed by atoms with Gasteiger partial charge in [0.1, 0.15) is 5.78 Å². The molecule has 0 unspecified atom stereocenters. The molecule has 0 N–H and O–H groups in total. The van der Waals surface area contributed by atoms with Crippen molar-refractivity contribution >= 4 is 11.8 Å². The zero-order chi connectivity index (χ0) is 12.4. The van der Waals surface area contributed by atoms with Crippen molar-refractivity contribution in [1.29, 1.82) is 0 Å². The Morgan fingerprint density at radius 1 is 1.12 bits per heavy atom. The van der Waals surface area contributed by atoms with E-state index in [1.165, 1.54) is 0 Å². The minimum Gasteiger partial charge on any atom is -0.463 e.